The highest BCUT2D eigenvalue weighted by Crippen LogP contribution is 2.31. The van der Waals surface area contributed by atoms with Crippen LogP contribution < -0.4 is 9.47 Å². The van der Waals surface area contributed by atoms with Crippen molar-refractivity contribution in [1.82, 2.24) is 0 Å². The fourth-order valence-corrected chi connectivity index (χ4v) is 2.29. The topological polar surface area (TPSA) is 74.0 Å². The first-order chi connectivity index (χ1) is 11.1. The summed E-state index contributed by atoms with van der Waals surface area (Å²) in [5, 5.41) is 10.8. The Labute approximate surface area is 133 Å². The van der Waals surface area contributed by atoms with Crippen LogP contribution in [0.2, 0.25) is 0 Å². The standard InChI is InChI=1S/C17H16N2O4/c1-12(17-11-22-15-7-2-3-8-16(15)23-17)18-10-13-5-4-6-14(9-13)19(20)21/h2-10,12,17H,11H2,1H3/t12-,17+/m0/s1. The number of rotatable bonds is 4. The van der Waals surface area contributed by atoms with Crippen LogP contribution in [0.3, 0.4) is 0 Å². The summed E-state index contributed by atoms with van der Waals surface area (Å²) in [7, 11) is 0. The van der Waals surface area contributed by atoms with Gasteiger partial charge in [-0.3, -0.25) is 15.1 Å². The lowest BCUT2D eigenvalue weighted by Crippen LogP contribution is -2.37. The largest absolute Gasteiger partial charge is 0.486 e. The van der Waals surface area contributed by atoms with Gasteiger partial charge in [0.1, 0.15) is 6.61 Å². The molecule has 0 saturated carbocycles. The zero-order valence-corrected chi connectivity index (χ0v) is 12.6. The van der Waals surface area contributed by atoms with Crippen molar-refractivity contribution in [3.8, 4) is 11.5 Å². The van der Waals surface area contributed by atoms with E-state index < -0.39 is 4.92 Å². The van der Waals surface area contributed by atoms with Gasteiger partial charge in [0.25, 0.3) is 5.69 Å². The van der Waals surface area contributed by atoms with Crippen molar-refractivity contribution in [3.63, 3.8) is 0 Å². The number of nitrogens with zero attached hydrogens (tertiary/aromatic N) is 2. The summed E-state index contributed by atoms with van der Waals surface area (Å²) in [4.78, 5) is 14.8. The maximum atomic E-state index is 10.8. The van der Waals surface area contributed by atoms with Gasteiger partial charge in [-0.05, 0) is 24.6 Å². The molecule has 2 aromatic carbocycles. The van der Waals surface area contributed by atoms with Gasteiger partial charge in [-0.1, -0.05) is 24.3 Å². The molecule has 0 saturated heterocycles. The molecule has 6 heteroatoms. The quantitative estimate of drug-likeness (QED) is 0.493. The molecule has 0 aromatic heterocycles. The molecule has 2 aromatic rings. The Hall–Kier alpha value is -2.89. The highest BCUT2D eigenvalue weighted by molar-refractivity contribution is 5.80. The molecular weight excluding hydrogens is 296 g/mol. The van der Waals surface area contributed by atoms with Gasteiger partial charge < -0.3 is 9.47 Å². The molecule has 118 valence electrons. The van der Waals surface area contributed by atoms with Crippen LogP contribution in [0, 0.1) is 10.1 Å². The van der Waals surface area contributed by atoms with Crippen LogP contribution in [0.4, 0.5) is 5.69 Å². The monoisotopic (exact) mass is 312 g/mol. The van der Waals surface area contributed by atoms with E-state index in [-0.39, 0.29) is 17.8 Å². The molecule has 1 aliphatic heterocycles. The third-order valence-electron chi connectivity index (χ3n) is 3.61. The van der Waals surface area contributed by atoms with Crippen molar-refractivity contribution in [2.45, 2.75) is 19.1 Å². The maximum absolute atomic E-state index is 10.8. The molecule has 2 atom stereocenters. The first-order valence-electron chi connectivity index (χ1n) is 7.29. The summed E-state index contributed by atoms with van der Waals surface area (Å²) in [6.45, 7) is 2.35. The molecule has 0 fully saturated rings. The van der Waals surface area contributed by atoms with Gasteiger partial charge in [-0.25, -0.2) is 0 Å². The van der Waals surface area contributed by atoms with Crippen molar-refractivity contribution in [3.05, 3.63) is 64.2 Å². The zero-order valence-electron chi connectivity index (χ0n) is 12.6. The second-order valence-electron chi connectivity index (χ2n) is 5.28. The highest BCUT2D eigenvalue weighted by atomic mass is 16.6. The Bertz CT molecular complexity index is 745. The fourth-order valence-electron chi connectivity index (χ4n) is 2.29. The van der Waals surface area contributed by atoms with Crippen LogP contribution in [0.25, 0.3) is 0 Å². The van der Waals surface area contributed by atoms with Gasteiger partial charge >= 0.3 is 0 Å². The van der Waals surface area contributed by atoms with Gasteiger partial charge in [-0.15, -0.1) is 0 Å². The molecule has 0 amide bonds. The van der Waals surface area contributed by atoms with E-state index in [1.54, 1.807) is 18.3 Å². The minimum atomic E-state index is -0.421. The van der Waals surface area contributed by atoms with E-state index in [0.29, 0.717) is 17.9 Å². The van der Waals surface area contributed by atoms with Crippen molar-refractivity contribution >= 4 is 11.9 Å². The number of benzene rings is 2. The molecule has 0 spiro atoms. The van der Waals surface area contributed by atoms with Crippen LogP contribution >= 0.6 is 0 Å². The molecule has 6 nitrogen and oxygen atoms in total. The molecule has 0 bridgehead atoms. The average molecular weight is 312 g/mol. The fraction of sp³-hybridized carbons (Fsp3) is 0.235. The SMILES string of the molecule is C[C@H](N=Cc1cccc([N+](=O)[O-])c1)[C@H]1COc2ccccc2O1. The van der Waals surface area contributed by atoms with Crippen molar-refractivity contribution < 1.29 is 14.4 Å². The summed E-state index contributed by atoms with van der Waals surface area (Å²) in [6, 6.07) is 13.7. The Morgan fingerprint density at radius 3 is 2.83 bits per heavy atom. The molecule has 0 N–H and O–H groups in total. The number of aliphatic imine (C=N–C) groups is 1. The van der Waals surface area contributed by atoms with Crippen LogP contribution in [0.1, 0.15) is 12.5 Å². The van der Waals surface area contributed by atoms with E-state index in [0.717, 1.165) is 5.75 Å². The Morgan fingerprint density at radius 2 is 2.04 bits per heavy atom. The van der Waals surface area contributed by atoms with Crippen LogP contribution in [0.5, 0.6) is 11.5 Å². The molecule has 0 radical (unpaired) electrons. The van der Waals surface area contributed by atoms with Gasteiger partial charge in [0.05, 0.1) is 11.0 Å². The van der Waals surface area contributed by atoms with Crippen molar-refractivity contribution in [2.24, 2.45) is 4.99 Å². The summed E-state index contributed by atoms with van der Waals surface area (Å²) < 4.78 is 11.6. The molecular formula is C17H16N2O4. The second kappa shape index (κ2) is 6.48. The smallest absolute Gasteiger partial charge is 0.270 e. The molecule has 23 heavy (non-hydrogen) atoms. The minimum Gasteiger partial charge on any atom is -0.486 e. The lowest BCUT2D eigenvalue weighted by molar-refractivity contribution is -0.384. The number of nitro benzene ring substituents is 1. The van der Waals surface area contributed by atoms with Crippen LogP contribution in [-0.4, -0.2) is 29.9 Å². The third-order valence-corrected chi connectivity index (χ3v) is 3.61. The number of hydrogen-bond donors (Lipinski definition) is 0. The van der Waals surface area contributed by atoms with Crippen molar-refractivity contribution in [1.29, 1.82) is 0 Å². The molecule has 0 aliphatic carbocycles. The van der Waals surface area contributed by atoms with Gasteiger partial charge in [0.2, 0.25) is 0 Å². The van der Waals surface area contributed by atoms with E-state index in [1.165, 1.54) is 12.1 Å². The first-order valence-corrected chi connectivity index (χ1v) is 7.29. The molecule has 0 unspecified atom stereocenters. The number of para-hydroxylation sites is 2. The predicted octanol–water partition coefficient (Wildman–Crippen LogP) is 3.24. The lowest BCUT2D eigenvalue weighted by Gasteiger charge is -2.28. The summed E-state index contributed by atoms with van der Waals surface area (Å²) >= 11 is 0. The number of hydrogen-bond acceptors (Lipinski definition) is 5. The summed E-state index contributed by atoms with van der Waals surface area (Å²) in [5.41, 5.74) is 0.732. The third kappa shape index (κ3) is 3.48. The lowest BCUT2D eigenvalue weighted by atomic mass is 10.1. The molecule has 1 aliphatic rings. The van der Waals surface area contributed by atoms with E-state index in [4.69, 9.17) is 9.47 Å². The molecule has 1 heterocycles. The van der Waals surface area contributed by atoms with Gasteiger partial charge in [0.15, 0.2) is 17.6 Å². The maximum Gasteiger partial charge on any atom is 0.270 e. The van der Waals surface area contributed by atoms with Crippen LogP contribution in [0.15, 0.2) is 53.5 Å². The predicted molar refractivity (Wildman–Crippen MR) is 86.5 cm³/mol. The Kier molecular flexibility index (Phi) is 4.23. The molecule has 3 rings (SSSR count). The number of ether oxygens (including phenoxy) is 2. The summed E-state index contributed by atoms with van der Waals surface area (Å²) in [5.74, 6) is 1.44. The van der Waals surface area contributed by atoms with Crippen molar-refractivity contribution in [2.75, 3.05) is 6.61 Å². The summed E-state index contributed by atoms with van der Waals surface area (Å²) in [6.07, 6.45) is 1.43. The van der Waals surface area contributed by atoms with E-state index in [9.17, 15) is 10.1 Å². The van der Waals surface area contributed by atoms with Crippen LogP contribution in [-0.2, 0) is 0 Å². The normalized spacial score (nSPS) is 17.9. The highest BCUT2D eigenvalue weighted by Gasteiger charge is 2.25. The number of fused-ring (bicyclic) bond motifs is 1. The first kappa shape index (κ1) is 15.0. The zero-order chi connectivity index (χ0) is 16.2. The Balaban J connectivity index is 1.69. The number of nitro groups is 1. The van der Waals surface area contributed by atoms with Gasteiger partial charge in [0, 0.05) is 18.3 Å². The Morgan fingerprint density at radius 1 is 1.26 bits per heavy atom. The average Bonchev–Trinajstić information content (AvgIpc) is 2.59. The van der Waals surface area contributed by atoms with E-state index in [1.807, 2.05) is 31.2 Å². The van der Waals surface area contributed by atoms with E-state index >= 15 is 0 Å². The number of non-ortho nitro benzene ring substituents is 1. The van der Waals surface area contributed by atoms with Gasteiger partial charge in [-0.2, -0.15) is 0 Å². The minimum absolute atomic E-state index is 0.0489. The second-order valence-corrected chi connectivity index (χ2v) is 5.28. The van der Waals surface area contributed by atoms with E-state index in [2.05, 4.69) is 4.99 Å².